The van der Waals surface area contributed by atoms with Crippen molar-refractivity contribution in [3.8, 4) is 0 Å². The van der Waals surface area contributed by atoms with E-state index in [0.717, 1.165) is 5.57 Å². The molecule has 0 spiro atoms. The molecule has 0 bridgehead atoms. The molecule has 1 N–H and O–H groups in total. The van der Waals surface area contributed by atoms with Crippen LogP contribution in [0.2, 0.25) is 0 Å². The molecule has 1 nitrogen and oxygen atoms in total. The standard InChI is InChI=1S/C12H16O/c1-9-4-5-12(11(3)8-9)10(2)6-7-13/h4-6,8,13H,7H2,1-3H3/b10-6+. The van der Waals surface area contributed by atoms with Crippen molar-refractivity contribution >= 4 is 5.57 Å². The maximum absolute atomic E-state index is 8.77. The van der Waals surface area contributed by atoms with Gasteiger partial charge in [0.2, 0.25) is 0 Å². The highest BCUT2D eigenvalue weighted by atomic mass is 16.2. The predicted octanol–water partition coefficient (Wildman–Crippen LogP) is 2.70. The topological polar surface area (TPSA) is 20.2 Å². The molecule has 1 aromatic carbocycles. The number of hydrogen-bond acceptors (Lipinski definition) is 1. The number of aliphatic hydroxyl groups is 1. The van der Waals surface area contributed by atoms with E-state index < -0.39 is 0 Å². The molecular weight excluding hydrogens is 160 g/mol. The Kier molecular flexibility index (Phi) is 3.26. The largest absolute Gasteiger partial charge is 0.392 e. The minimum Gasteiger partial charge on any atom is -0.392 e. The molecule has 0 aliphatic rings. The van der Waals surface area contributed by atoms with Gasteiger partial charge in [-0.3, -0.25) is 0 Å². The average Bonchev–Trinajstić information content (AvgIpc) is 2.04. The van der Waals surface area contributed by atoms with Crippen LogP contribution in [-0.4, -0.2) is 11.7 Å². The summed E-state index contributed by atoms with van der Waals surface area (Å²) >= 11 is 0. The van der Waals surface area contributed by atoms with Crippen LogP contribution >= 0.6 is 0 Å². The van der Waals surface area contributed by atoms with Gasteiger partial charge in [0.1, 0.15) is 0 Å². The van der Waals surface area contributed by atoms with Crippen LogP contribution in [0, 0.1) is 13.8 Å². The summed E-state index contributed by atoms with van der Waals surface area (Å²) in [6, 6.07) is 6.35. The molecule has 0 unspecified atom stereocenters. The van der Waals surface area contributed by atoms with Gasteiger partial charge in [-0.25, -0.2) is 0 Å². The van der Waals surface area contributed by atoms with E-state index in [1.165, 1.54) is 16.7 Å². The van der Waals surface area contributed by atoms with Gasteiger partial charge in [0.25, 0.3) is 0 Å². The van der Waals surface area contributed by atoms with E-state index in [0.29, 0.717) is 0 Å². The Hall–Kier alpha value is -1.08. The molecule has 1 rings (SSSR count). The first-order chi connectivity index (χ1) is 6.15. The molecule has 0 aromatic heterocycles. The molecule has 0 heterocycles. The fourth-order valence-corrected chi connectivity index (χ4v) is 1.50. The lowest BCUT2D eigenvalue weighted by Crippen LogP contribution is -1.88. The lowest BCUT2D eigenvalue weighted by molar-refractivity contribution is 0.343. The first-order valence-corrected chi connectivity index (χ1v) is 4.50. The van der Waals surface area contributed by atoms with Crippen LogP contribution in [0.5, 0.6) is 0 Å². The summed E-state index contributed by atoms with van der Waals surface area (Å²) in [7, 11) is 0. The zero-order valence-electron chi connectivity index (χ0n) is 8.46. The van der Waals surface area contributed by atoms with Gasteiger partial charge >= 0.3 is 0 Å². The number of hydrogen-bond donors (Lipinski definition) is 1. The van der Waals surface area contributed by atoms with Crippen LogP contribution in [0.3, 0.4) is 0 Å². The SMILES string of the molecule is C/C(=C\CO)c1ccc(C)cc1C. The summed E-state index contributed by atoms with van der Waals surface area (Å²) in [5, 5.41) is 8.77. The van der Waals surface area contributed by atoms with Gasteiger partial charge in [-0.05, 0) is 37.5 Å². The van der Waals surface area contributed by atoms with E-state index in [1.54, 1.807) is 0 Å². The number of allylic oxidation sites excluding steroid dienone is 1. The van der Waals surface area contributed by atoms with Crippen LogP contribution in [0.4, 0.5) is 0 Å². The van der Waals surface area contributed by atoms with Crippen molar-refractivity contribution in [1.82, 2.24) is 0 Å². The normalized spacial score (nSPS) is 11.8. The number of aliphatic hydroxyl groups excluding tert-OH is 1. The van der Waals surface area contributed by atoms with E-state index >= 15 is 0 Å². The fraction of sp³-hybridized carbons (Fsp3) is 0.333. The van der Waals surface area contributed by atoms with Gasteiger partial charge in [-0.1, -0.05) is 29.8 Å². The van der Waals surface area contributed by atoms with Gasteiger partial charge in [0, 0.05) is 0 Å². The molecule has 0 saturated carbocycles. The molecule has 0 aliphatic heterocycles. The van der Waals surface area contributed by atoms with Crippen molar-refractivity contribution < 1.29 is 5.11 Å². The minimum absolute atomic E-state index is 0.110. The van der Waals surface area contributed by atoms with Gasteiger partial charge in [-0.2, -0.15) is 0 Å². The van der Waals surface area contributed by atoms with E-state index in [2.05, 4.69) is 32.0 Å². The second-order valence-corrected chi connectivity index (χ2v) is 3.39. The van der Waals surface area contributed by atoms with E-state index in [9.17, 15) is 0 Å². The highest BCUT2D eigenvalue weighted by Crippen LogP contribution is 2.18. The Bertz CT molecular complexity index is 324. The maximum atomic E-state index is 8.77. The third kappa shape index (κ3) is 2.43. The molecule has 0 saturated heterocycles. The first kappa shape index (κ1) is 10.0. The van der Waals surface area contributed by atoms with Crippen molar-refractivity contribution in [3.05, 3.63) is 41.0 Å². The maximum Gasteiger partial charge on any atom is 0.0618 e. The summed E-state index contributed by atoms with van der Waals surface area (Å²) in [4.78, 5) is 0. The average molecular weight is 176 g/mol. The van der Waals surface area contributed by atoms with Gasteiger partial charge < -0.3 is 5.11 Å². The van der Waals surface area contributed by atoms with E-state index in [4.69, 9.17) is 5.11 Å². The zero-order chi connectivity index (χ0) is 9.84. The van der Waals surface area contributed by atoms with Crippen LogP contribution < -0.4 is 0 Å². The monoisotopic (exact) mass is 176 g/mol. The van der Waals surface area contributed by atoms with Crippen LogP contribution in [0.25, 0.3) is 5.57 Å². The molecule has 1 aromatic rings. The highest BCUT2D eigenvalue weighted by Gasteiger charge is 1.99. The van der Waals surface area contributed by atoms with Crippen molar-refractivity contribution in [2.45, 2.75) is 20.8 Å². The molecule has 0 aliphatic carbocycles. The van der Waals surface area contributed by atoms with Crippen LogP contribution in [0.1, 0.15) is 23.6 Å². The summed E-state index contributed by atoms with van der Waals surface area (Å²) in [5.74, 6) is 0. The number of rotatable bonds is 2. The Morgan fingerprint density at radius 3 is 2.62 bits per heavy atom. The molecule has 0 amide bonds. The summed E-state index contributed by atoms with van der Waals surface area (Å²) in [6.07, 6.45) is 1.83. The molecule has 1 heteroatoms. The number of benzene rings is 1. The zero-order valence-corrected chi connectivity index (χ0v) is 8.46. The Balaban J connectivity index is 3.09. The number of aryl methyl sites for hydroxylation is 2. The smallest absolute Gasteiger partial charge is 0.0618 e. The highest BCUT2D eigenvalue weighted by molar-refractivity contribution is 5.66. The molecule has 0 fully saturated rings. The molecule has 0 radical (unpaired) electrons. The van der Waals surface area contributed by atoms with Crippen molar-refractivity contribution in [1.29, 1.82) is 0 Å². The van der Waals surface area contributed by atoms with E-state index in [1.807, 2.05) is 13.0 Å². The lowest BCUT2D eigenvalue weighted by Gasteiger charge is -2.06. The Morgan fingerprint density at radius 1 is 1.38 bits per heavy atom. The third-order valence-electron chi connectivity index (χ3n) is 2.20. The van der Waals surface area contributed by atoms with Crippen molar-refractivity contribution in [2.24, 2.45) is 0 Å². The second-order valence-electron chi connectivity index (χ2n) is 3.39. The Labute approximate surface area is 79.7 Å². The van der Waals surface area contributed by atoms with Crippen molar-refractivity contribution in [2.75, 3.05) is 6.61 Å². The minimum atomic E-state index is 0.110. The molecular formula is C12H16O. The first-order valence-electron chi connectivity index (χ1n) is 4.50. The predicted molar refractivity (Wildman–Crippen MR) is 56.7 cm³/mol. The fourth-order valence-electron chi connectivity index (χ4n) is 1.50. The summed E-state index contributed by atoms with van der Waals surface area (Å²) in [6.45, 7) is 6.31. The van der Waals surface area contributed by atoms with Crippen LogP contribution in [-0.2, 0) is 0 Å². The second kappa shape index (κ2) is 4.24. The Morgan fingerprint density at radius 2 is 2.08 bits per heavy atom. The van der Waals surface area contributed by atoms with Gasteiger partial charge in [-0.15, -0.1) is 0 Å². The quantitative estimate of drug-likeness (QED) is 0.734. The van der Waals surface area contributed by atoms with Crippen LogP contribution in [0.15, 0.2) is 24.3 Å². The summed E-state index contributed by atoms with van der Waals surface area (Å²) < 4.78 is 0. The van der Waals surface area contributed by atoms with Gasteiger partial charge in [0.05, 0.1) is 6.61 Å². The van der Waals surface area contributed by atoms with E-state index in [-0.39, 0.29) is 6.61 Å². The lowest BCUT2D eigenvalue weighted by atomic mass is 10.00. The summed E-state index contributed by atoms with van der Waals surface area (Å²) in [5.41, 5.74) is 4.90. The van der Waals surface area contributed by atoms with Crippen molar-refractivity contribution in [3.63, 3.8) is 0 Å². The molecule has 13 heavy (non-hydrogen) atoms. The third-order valence-corrected chi connectivity index (χ3v) is 2.20. The molecule has 70 valence electrons. The van der Waals surface area contributed by atoms with Gasteiger partial charge in [0.15, 0.2) is 0 Å². The molecule has 0 atom stereocenters.